The van der Waals surface area contributed by atoms with Crippen molar-refractivity contribution in [2.75, 3.05) is 45.2 Å². The van der Waals surface area contributed by atoms with Crippen LogP contribution in [-0.2, 0) is 20.7 Å². The maximum Gasteiger partial charge on any atom is 0.339 e. The molecule has 6 N–H and O–H groups in total. The lowest BCUT2D eigenvalue weighted by atomic mass is 10.0. The van der Waals surface area contributed by atoms with E-state index in [4.69, 9.17) is 37.0 Å². The van der Waals surface area contributed by atoms with E-state index in [1.54, 1.807) is 30.3 Å². The van der Waals surface area contributed by atoms with Crippen molar-refractivity contribution < 1.29 is 34.1 Å². The molecule has 5 rings (SSSR count). The summed E-state index contributed by atoms with van der Waals surface area (Å²) in [5.74, 6) is -2.46. The van der Waals surface area contributed by atoms with Crippen molar-refractivity contribution in [2.24, 2.45) is 0 Å². The van der Waals surface area contributed by atoms with Gasteiger partial charge in [0.05, 0.1) is 13.2 Å². The van der Waals surface area contributed by atoms with Gasteiger partial charge in [-0.05, 0) is 48.0 Å². The van der Waals surface area contributed by atoms with Crippen molar-refractivity contribution >= 4 is 46.0 Å². The van der Waals surface area contributed by atoms with E-state index in [9.17, 15) is 19.2 Å². The number of nitrogen functional groups attached to an aromatic ring is 1. The number of morpholine rings is 1. The van der Waals surface area contributed by atoms with Crippen molar-refractivity contribution in [3.8, 4) is 5.75 Å². The summed E-state index contributed by atoms with van der Waals surface area (Å²) < 4.78 is 10.9. The number of esters is 1. The number of hydrogen-bond acceptors (Lipinski definition) is 9. The lowest BCUT2D eigenvalue weighted by Gasteiger charge is -2.26. The first-order valence-corrected chi connectivity index (χ1v) is 14.4. The van der Waals surface area contributed by atoms with Crippen LogP contribution in [0.1, 0.15) is 26.3 Å². The van der Waals surface area contributed by atoms with Gasteiger partial charge in [-0.25, -0.2) is 9.59 Å². The number of aromatic nitrogens is 1. The molecule has 1 amide bonds. The normalized spacial score (nSPS) is 13.7. The molecular weight excluding hydrogens is 604 g/mol. The SMILES string of the molecule is Nc1ccc(C(=O)O)c(O)c1.O=C(NC(Cc1cc(=O)[nH]c2ccccc12)C(=O)OCCN1CCOCC1)c1ccc(Cl)cc1. The second-order valence-corrected chi connectivity index (χ2v) is 10.6. The first-order valence-electron chi connectivity index (χ1n) is 14.1. The number of halogens is 1. The number of H-pyrrole nitrogens is 1. The molecule has 3 aromatic carbocycles. The number of carbonyl (C=O) groups excluding carboxylic acids is 2. The van der Waals surface area contributed by atoms with Crippen LogP contribution >= 0.6 is 11.6 Å². The number of fused-ring (bicyclic) bond motifs is 1. The number of nitrogens with two attached hydrogens (primary N) is 1. The van der Waals surface area contributed by atoms with Crippen molar-refractivity contribution in [3.63, 3.8) is 0 Å². The first-order chi connectivity index (χ1) is 21.6. The summed E-state index contributed by atoms with van der Waals surface area (Å²) in [6.45, 7) is 3.66. The van der Waals surface area contributed by atoms with Crippen molar-refractivity contribution in [2.45, 2.75) is 12.5 Å². The van der Waals surface area contributed by atoms with Gasteiger partial charge < -0.3 is 35.7 Å². The number of hydrogen-bond donors (Lipinski definition) is 5. The Kier molecular flexibility index (Phi) is 11.5. The number of ether oxygens (including phenoxy) is 2. The average molecular weight is 637 g/mol. The molecule has 1 aliphatic heterocycles. The molecule has 12 nitrogen and oxygen atoms in total. The van der Waals surface area contributed by atoms with Gasteiger partial charge in [0.2, 0.25) is 5.56 Å². The third kappa shape index (κ3) is 9.54. The number of anilines is 1. The van der Waals surface area contributed by atoms with Crippen LogP contribution < -0.4 is 16.6 Å². The van der Waals surface area contributed by atoms with Crippen LogP contribution in [0, 0.1) is 0 Å². The average Bonchev–Trinajstić information content (AvgIpc) is 3.01. The minimum Gasteiger partial charge on any atom is -0.507 e. The number of nitrogens with zero attached hydrogens (tertiary/aromatic N) is 1. The number of benzene rings is 3. The molecular formula is C32H33ClN4O8. The molecule has 4 aromatic rings. The van der Waals surface area contributed by atoms with Crippen molar-refractivity contribution in [3.05, 3.63) is 105 Å². The van der Waals surface area contributed by atoms with E-state index in [1.807, 2.05) is 18.2 Å². The maximum absolute atomic E-state index is 13.0. The summed E-state index contributed by atoms with van der Waals surface area (Å²) in [6.07, 6.45) is 0.111. The fraction of sp³-hybridized carbons (Fsp3) is 0.250. The van der Waals surface area contributed by atoms with Gasteiger partial charge >= 0.3 is 11.9 Å². The van der Waals surface area contributed by atoms with Gasteiger partial charge in [0.15, 0.2) is 0 Å². The highest BCUT2D eigenvalue weighted by Gasteiger charge is 2.25. The smallest absolute Gasteiger partial charge is 0.339 e. The zero-order valence-electron chi connectivity index (χ0n) is 24.2. The number of pyridine rings is 1. The van der Waals surface area contributed by atoms with Crippen LogP contribution in [0.2, 0.25) is 5.02 Å². The van der Waals surface area contributed by atoms with Gasteiger partial charge in [0.1, 0.15) is 24.0 Å². The number of phenols is 1. The fourth-order valence-electron chi connectivity index (χ4n) is 4.63. The molecule has 45 heavy (non-hydrogen) atoms. The highest BCUT2D eigenvalue weighted by molar-refractivity contribution is 6.30. The quantitative estimate of drug-likeness (QED) is 0.135. The van der Waals surface area contributed by atoms with Crippen molar-refractivity contribution in [1.29, 1.82) is 0 Å². The number of carbonyl (C=O) groups is 3. The third-order valence-corrected chi connectivity index (χ3v) is 7.22. The molecule has 13 heteroatoms. The molecule has 0 bridgehead atoms. The van der Waals surface area contributed by atoms with Gasteiger partial charge in [-0.3, -0.25) is 14.5 Å². The van der Waals surface area contributed by atoms with Crippen LogP contribution in [0.3, 0.4) is 0 Å². The van der Waals surface area contributed by atoms with E-state index < -0.39 is 23.9 Å². The summed E-state index contributed by atoms with van der Waals surface area (Å²) in [5.41, 5.74) is 6.87. The Balaban J connectivity index is 0.000000354. The number of amides is 1. The molecule has 236 valence electrons. The van der Waals surface area contributed by atoms with Gasteiger partial charge in [0, 0.05) is 65.4 Å². The van der Waals surface area contributed by atoms with Crippen LogP contribution in [0.4, 0.5) is 5.69 Å². The number of aromatic carboxylic acids is 1. The Bertz CT molecular complexity index is 1700. The predicted octanol–water partition coefficient (Wildman–Crippen LogP) is 3.07. The van der Waals surface area contributed by atoms with Crippen LogP contribution in [0.5, 0.6) is 5.75 Å². The summed E-state index contributed by atoms with van der Waals surface area (Å²) in [4.78, 5) is 53.4. The highest BCUT2D eigenvalue weighted by atomic mass is 35.5. The van der Waals surface area contributed by atoms with Gasteiger partial charge in [-0.15, -0.1) is 0 Å². The second kappa shape index (κ2) is 15.7. The second-order valence-electron chi connectivity index (χ2n) is 10.1. The molecule has 0 radical (unpaired) electrons. The molecule has 0 aliphatic carbocycles. The van der Waals surface area contributed by atoms with E-state index >= 15 is 0 Å². The standard InChI is InChI=1S/C25H26ClN3O5.C7H7NO3/c26-19-7-5-17(6-8-19)24(31)28-22(25(32)34-14-11-29-9-12-33-13-10-29)15-18-16-23(30)27-21-4-2-1-3-20(18)21;8-4-1-2-5(7(10)11)6(9)3-4/h1-8,16,22H,9-15H2,(H,27,30)(H,28,31);1-3,9H,8H2,(H,10,11). The Morgan fingerprint density at radius 1 is 1.04 bits per heavy atom. The van der Waals surface area contributed by atoms with Gasteiger partial charge in [0.25, 0.3) is 5.91 Å². The Morgan fingerprint density at radius 2 is 1.76 bits per heavy atom. The summed E-state index contributed by atoms with van der Waals surface area (Å²) in [5, 5.41) is 21.5. The monoisotopic (exact) mass is 636 g/mol. The van der Waals surface area contributed by atoms with E-state index in [0.29, 0.717) is 47.1 Å². The van der Waals surface area contributed by atoms with Crippen LogP contribution in [0.15, 0.2) is 77.6 Å². The molecule has 1 aliphatic rings. The Labute approximate surface area is 263 Å². The third-order valence-electron chi connectivity index (χ3n) is 6.96. The maximum atomic E-state index is 13.0. The molecule has 1 aromatic heterocycles. The number of aromatic amines is 1. The van der Waals surface area contributed by atoms with Crippen LogP contribution in [0.25, 0.3) is 10.9 Å². The minimum absolute atomic E-state index is 0.111. The predicted molar refractivity (Wildman–Crippen MR) is 169 cm³/mol. The lowest BCUT2D eigenvalue weighted by Crippen LogP contribution is -2.44. The summed E-state index contributed by atoms with van der Waals surface area (Å²) >= 11 is 5.92. The number of carboxylic acids is 1. The van der Waals surface area contributed by atoms with Crippen LogP contribution in [-0.4, -0.2) is 83.4 Å². The first kappa shape index (κ1) is 33.0. The minimum atomic E-state index is -1.16. The molecule has 1 fully saturated rings. The Hall–Kier alpha value is -4.91. The molecule has 0 saturated carbocycles. The van der Waals surface area contributed by atoms with E-state index in [1.165, 1.54) is 24.3 Å². The number of para-hydroxylation sites is 1. The fourth-order valence-corrected chi connectivity index (χ4v) is 4.76. The topological polar surface area (TPSA) is 184 Å². The lowest BCUT2D eigenvalue weighted by molar-refractivity contribution is -0.146. The summed E-state index contributed by atoms with van der Waals surface area (Å²) in [7, 11) is 0. The molecule has 1 saturated heterocycles. The molecule has 0 spiro atoms. The molecule has 1 atom stereocenters. The van der Waals surface area contributed by atoms with Crippen molar-refractivity contribution in [1.82, 2.24) is 15.2 Å². The zero-order chi connectivity index (χ0) is 32.3. The largest absolute Gasteiger partial charge is 0.507 e. The summed E-state index contributed by atoms with van der Waals surface area (Å²) in [6, 6.07) is 18.1. The molecule has 2 heterocycles. The Morgan fingerprint density at radius 3 is 2.44 bits per heavy atom. The van der Waals surface area contributed by atoms with E-state index in [-0.39, 0.29) is 29.9 Å². The number of aromatic hydroxyl groups is 1. The van der Waals surface area contributed by atoms with E-state index in [0.717, 1.165) is 18.5 Å². The number of nitrogens with one attached hydrogen (secondary N) is 2. The number of carboxylic acid groups (broad SMARTS) is 1. The molecule has 1 unspecified atom stereocenters. The van der Waals surface area contributed by atoms with Gasteiger partial charge in [-0.1, -0.05) is 29.8 Å². The number of rotatable bonds is 9. The highest BCUT2D eigenvalue weighted by Crippen LogP contribution is 2.20. The zero-order valence-corrected chi connectivity index (χ0v) is 25.0. The van der Waals surface area contributed by atoms with Gasteiger partial charge in [-0.2, -0.15) is 0 Å². The van der Waals surface area contributed by atoms with E-state index in [2.05, 4.69) is 15.2 Å².